The number of hydrogen-bond acceptors (Lipinski definition) is 1. The molecule has 0 amide bonds. The lowest BCUT2D eigenvalue weighted by Crippen LogP contribution is -1.91. The zero-order chi connectivity index (χ0) is 32.7. The van der Waals surface area contributed by atoms with E-state index >= 15 is 0 Å². The summed E-state index contributed by atoms with van der Waals surface area (Å²) in [4.78, 5) is 0. The van der Waals surface area contributed by atoms with Gasteiger partial charge in [0.15, 0.2) is 0 Å². The Morgan fingerprint density at radius 2 is 1.03 bits per heavy atom. The maximum atomic E-state index is 9.22. The summed E-state index contributed by atoms with van der Waals surface area (Å²) in [6, 6.07) is 27.4. The highest BCUT2D eigenvalue weighted by atomic mass is 16.3. The van der Waals surface area contributed by atoms with Gasteiger partial charge in [0, 0.05) is 10.8 Å². The topological polar surface area (TPSA) is 13.1 Å². The molecule has 0 aliphatic rings. The minimum atomic E-state index is -0.431. The summed E-state index contributed by atoms with van der Waals surface area (Å²) in [6.07, 6.45) is 0. The molecule has 1 heterocycles. The molecule has 0 bridgehead atoms. The molecule has 8 rings (SSSR count). The van der Waals surface area contributed by atoms with Gasteiger partial charge in [0.05, 0.1) is 11.0 Å². The van der Waals surface area contributed by atoms with Crippen LogP contribution >= 0.6 is 0 Å². The quantitative estimate of drug-likeness (QED) is 0.218. The molecule has 1 aromatic heterocycles. The molecule has 1 nitrogen and oxygen atoms in total. The van der Waals surface area contributed by atoms with E-state index in [2.05, 4.69) is 0 Å². The molecule has 8 aromatic rings. The third kappa shape index (κ3) is 3.41. The van der Waals surface area contributed by atoms with Crippen LogP contribution in [-0.2, 0) is 0 Å². The van der Waals surface area contributed by atoms with Crippen molar-refractivity contribution in [1.82, 2.24) is 0 Å². The van der Waals surface area contributed by atoms with Crippen LogP contribution in [0.5, 0.6) is 0 Å². The first-order chi connectivity index (χ1) is 22.7. The second-order valence-electron chi connectivity index (χ2n) is 9.47. The predicted octanol–water partition coefficient (Wildman–Crippen LogP) is 10.9. The molecule has 0 unspecified atom stereocenters. The summed E-state index contributed by atoms with van der Waals surface area (Å²) < 4.78 is 77.7. The van der Waals surface area contributed by atoms with E-state index in [9.17, 15) is 2.74 Å². The number of benzene rings is 7. The van der Waals surface area contributed by atoms with Gasteiger partial charge in [-0.3, -0.25) is 0 Å². The third-order valence-electron chi connectivity index (χ3n) is 7.31. The lowest BCUT2D eigenvalue weighted by atomic mass is 9.85. The molecule has 0 saturated heterocycles. The van der Waals surface area contributed by atoms with Crippen molar-refractivity contribution >= 4 is 43.5 Å². The summed E-state index contributed by atoms with van der Waals surface area (Å²) >= 11 is 0. The summed E-state index contributed by atoms with van der Waals surface area (Å²) in [7, 11) is 0. The number of rotatable bonds is 3. The van der Waals surface area contributed by atoms with Crippen LogP contribution in [0, 0.1) is 0 Å². The fraction of sp³-hybridized carbons (Fsp3) is 0. The first kappa shape index (κ1) is 15.3. The highest BCUT2D eigenvalue weighted by Crippen LogP contribution is 2.46. The lowest BCUT2D eigenvalue weighted by molar-refractivity contribution is 0.669. The van der Waals surface area contributed by atoms with Gasteiger partial charge >= 0.3 is 0 Å². The fourth-order valence-electron chi connectivity index (χ4n) is 5.63. The lowest BCUT2D eigenvalue weighted by Gasteiger charge is -2.18. The fourth-order valence-corrected chi connectivity index (χ4v) is 5.63. The van der Waals surface area contributed by atoms with E-state index in [0.29, 0.717) is 38.8 Å². The van der Waals surface area contributed by atoms with Gasteiger partial charge in [0.1, 0.15) is 11.2 Å². The number of hydrogen-bond donors (Lipinski definition) is 0. The van der Waals surface area contributed by atoms with Crippen molar-refractivity contribution in [2.75, 3.05) is 0 Å². The van der Waals surface area contributed by atoms with Crippen molar-refractivity contribution in [1.29, 1.82) is 0 Å². The van der Waals surface area contributed by atoms with E-state index in [1.54, 1.807) is 30.3 Å². The van der Waals surface area contributed by atoms with Crippen molar-refractivity contribution in [3.63, 3.8) is 0 Å². The first-order valence-corrected chi connectivity index (χ1v) is 12.7. The second-order valence-corrected chi connectivity index (χ2v) is 9.47. The Morgan fingerprint density at radius 3 is 1.67 bits per heavy atom. The van der Waals surface area contributed by atoms with Crippen molar-refractivity contribution in [3.8, 4) is 33.4 Å². The Hall–Kier alpha value is -5.14. The Labute approximate surface area is 237 Å². The monoisotopic (exact) mass is 504 g/mol. The molecule has 0 saturated carbocycles. The van der Waals surface area contributed by atoms with Crippen molar-refractivity contribution in [3.05, 3.63) is 145 Å². The summed E-state index contributed by atoms with van der Waals surface area (Å²) in [6.45, 7) is 0. The molecular formula is C38H24O. The highest BCUT2D eigenvalue weighted by molar-refractivity contribution is 6.25. The number of fused-ring (bicyclic) bond motifs is 5. The number of furan rings is 1. The largest absolute Gasteiger partial charge is 0.456 e. The molecule has 39 heavy (non-hydrogen) atoms. The molecule has 0 N–H and O–H groups in total. The molecule has 0 aliphatic carbocycles. The van der Waals surface area contributed by atoms with Crippen LogP contribution in [0.3, 0.4) is 0 Å². The highest BCUT2D eigenvalue weighted by Gasteiger charge is 2.20. The molecule has 0 atom stereocenters. The van der Waals surface area contributed by atoms with Crippen LogP contribution in [0.1, 0.15) is 11.0 Å². The minimum Gasteiger partial charge on any atom is -0.456 e. The van der Waals surface area contributed by atoms with Gasteiger partial charge in [0.2, 0.25) is 0 Å². The second kappa shape index (κ2) is 8.72. The van der Waals surface area contributed by atoms with Crippen molar-refractivity contribution in [2.45, 2.75) is 0 Å². The maximum Gasteiger partial charge on any atom is 0.136 e. The van der Waals surface area contributed by atoms with Gasteiger partial charge in [-0.1, -0.05) is 127 Å². The Kier molecular flexibility index (Phi) is 3.42. The molecule has 1 heteroatoms. The predicted molar refractivity (Wildman–Crippen MR) is 165 cm³/mol. The van der Waals surface area contributed by atoms with E-state index in [1.807, 2.05) is 66.7 Å². The Morgan fingerprint density at radius 1 is 0.436 bits per heavy atom. The summed E-state index contributed by atoms with van der Waals surface area (Å²) in [5, 5.41) is 2.17. The van der Waals surface area contributed by atoms with Crippen molar-refractivity contribution < 1.29 is 15.4 Å². The summed E-state index contributed by atoms with van der Waals surface area (Å²) in [5.41, 5.74) is 4.89. The summed E-state index contributed by atoms with van der Waals surface area (Å²) in [5.74, 6) is 0. The van der Waals surface area contributed by atoms with Crippen LogP contribution in [-0.4, -0.2) is 0 Å². The van der Waals surface area contributed by atoms with E-state index in [-0.39, 0.29) is 45.7 Å². The SMILES string of the molecule is [2H]c1c([2H])c([2H])c2c(-c3cccc4oc5cc(-c6ccccc6)ccc5c34)c3c([2H])c([2H])c([2H])c([2H])c3c(-c3ccccc3)c2c1[2H]. The zero-order valence-corrected chi connectivity index (χ0v) is 20.6. The standard InChI is InChI=1S/C38H24O/c1-3-12-25(13-4-1)27-22-23-32-35(24-27)39-34-21-11-20-33(38(32)34)37-30-18-9-7-16-28(30)36(26-14-5-2-6-15-26)29-17-8-10-19-31(29)37/h1-24H/i7D,8D,9D,10D,16D,17D,18D,19D. The van der Waals surface area contributed by atoms with Gasteiger partial charge in [-0.15, -0.1) is 0 Å². The minimum absolute atomic E-state index is 0.176. The molecular weight excluding hydrogens is 472 g/mol. The molecule has 0 radical (unpaired) electrons. The van der Waals surface area contributed by atoms with Gasteiger partial charge in [-0.25, -0.2) is 0 Å². The van der Waals surface area contributed by atoms with Gasteiger partial charge in [-0.2, -0.15) is 0 Å². The normalized spacial score (nSPS) is 14.5. The smallest absolute Gasteiger partial charge is 0.136 e. The van der Waals surface area contributed by atoms with Crippen LogP contribution in [0.25, 0.3) is 76.9 Å². The van der Waals surface area contributed by atoms with E-state index in [4.69, 9.17) is 12.6 Å². The van der Waals surface area contributed by atoms with E-state index in [1.165, 1.54) is 0 Å². The van der Waals surface area contributed by atoms with Gasteiger partial charge in [-0.05, 0) is 73.1 Å². The third-order valence-corrected chi connectivity index (χ3v) is 7.31. The zero-order valence-electron chi connectivity index (χ0n) is 28.6. The first-order valence-electron chi connectivity index (χ1n) is 16.7. The molecule has 0 spiro atoms. The van der Waals surface area contributed by atoms with Crippen LogP contribution in [0.2, 0.25) is 0 Å². The van der Waals surface area contributed by atoms with Crippen LogP contribution < -0.4 is 0 Å². The molecule has 7 aromatic carbocycles. The van der Waals surface area contributed by atoms with Gasteiger partial charge < -0.3 is 4.42 Å². The average Bonchev–Trinajstić information content (AvgIpc) is 3.49. The Balaban J connectivity index is 1.63. The molecule has 0 fully saturated rings. The van der Waals surface area contributed by atoms with Gasteiger partial charge in [0.25, 0.3) is 0 Å². The average molecular weight is 505 g/mol. The van der Waals surface area contributed by atoms with Crippen molar-refractivity contribution in [2.24, 2.45) is 0 Å². The molecule has 182 valence electrons. The maximum absolute atomic E-state index is 9.22. The van der Waals surface area contributed by atoms with E-state index < -0.39 is 24.2 Å². The van der Waals surface area contributed by atoms with Crippen LogP contribution in [0.15, 0.2) is 150 Å². The van der Waals surface area contributed by atoms with Crippen LogP contribution in [0.4, 0.5) is 0 Å². The van der Waals surface area contributed by atoms with E-state index in [0.717, 1.165) is 16.5 Å². The molecule has 0 aliphatic heterocycles. The Bertz CT molecular complexity index is 2510.